The molecular weight excluding hydrogens is 287 g/mol. The SMILES string of the molecule is CN(C)C(=O)CNC1CCOc2c(Cl)cc(Cl)cc21. The number of hydrogen-bond donors (Lipinski definition) is 1. The van der Waals surface area contributed by atoms with Crippen molar-refractivity contribution in [2.75, 3.05) is 27.2 Å². The van der Waals surface area contributed by atoms with Gasteiger partial charge in [-0.2, -0.15) is 0 Å². The van der Waals surface area contributed by atoms with Crippen molar-refractivity contribution in [1.82, 2.24) is 10.2 Å². The number of fused-ring (bicyclic) bond motifs is 1. The van der Waals surface area contributed by atoms with Crippen LogP contribution in [0.3, 0.4) is 0 Å². The Morgan fingerprint density at radius 2 is 2.21 bits per heavy atom. The first-order valence-corrected chi connectivity index (χ1v) is 6.80. The molecule has 4 nitrogen and oxygen atoms in total. The fourth-order valence-electron chi connectivity index (χ4n) is 2.01. The van der Waals surface area contributed by atoms with E-state index in [0.29, 0.717) is 22.4 Å². The molecule has 0 aromatic heterocycles. The molecule has 1 unspecified atom stereocenters. The second kappa shape index (κ2) is 5.99. The average molecular weight is 303 g/mol. The topological polar surface area (TPSA) is 41.6 Å². The Morgan fingerprint density at radius 1 is 1.47 bits per heavy atom. The highest BCUT2D eigenvalue weighted by Gasteiger charge is 2.24. The van der Waals surface area contributed by atoms with E-state index >= 15 is 0 Å². The van der Waals surface area contributed by atoms with Gasteiger partial charge in [0.2, 0.25) is 5.91 Å². The first-order valence-electron chi connectivity index (χ1n) is 6.04. The normalized spacial score (nSPS) is 17.6. The van der Waals surface area contributed by atoms with Crippen molar-refractivity contribution in [2.45, 2.75) is 12.5 Å². The van der Waals surface area contributed by atoms with Gasteiger partial charge in [0.05, 0.1) is 18.2 Å². The second-order valence-corrected chi connectivity index (χ2v) is 5.51. The summed E-state index contributed by atoms with van der Waals surface area (Å²) in [7, 11) is 3.46. The van der Waals surface area contributed by atoms with Gasteiger partial charge in [0, 0.05) is 37.1 Å². The number of ether oxygens (including phenoxy) is 1. The van der Waals surface area contributed by atoms with Crippen LogP contribution < -0.4 is 10.1 Å². The monoisotopic (exact) mass is 302 g/mol. The molecule has 0 radical (unpaired) electrons. The molecule has 0 saturated heterocycles. The summed E-state index contributed by atoms with van der Waals surface area (Å²) in [6, 6.07) is 3.53. The van der Waals surface area contributed by atoms with Gasteiger partial charge in [0.15, 0.2) is 0 Å². The number of hydrogen-bond acceptors (Lipinski definition) is 3. The number of carbonyl (C=O) groups is 1. The Balaban J connectivity index is 2.16. The van der Waals surface area contributed by atoms with Gasteiger partial charge in [0.25, 0.3) is 0 Å². The van der Waals surface area contributed by atoms with E-state index in [9.17, 15) is 4.79 Å². The highest BCUT2D eigenvalue weighted by Crippen LogP contribution is 2.39. The third kappa shape index (κ3) is 3.32. The molecule has 1 aliphatic heterocycles. The lowest BCUT2D eigenvalue weighted by atomic mass is 10.0. The first kappa shape index (κ1) is 14.4. The van der Waals surface area contributed by atoms with E-state index in [2.05, 4.69) is 5.32 Å². The van der Waals surface area contributed by atoms with Crippen LogP contribution in [-0.2, 0) is 4.79 Å². The number of halogens is 2. The maximum absolute atomic E-state index is 11.6. The fraction of sp³-hybridized carbons (Fsp3) is 0.462. The lowest BCUT2D eigenvalue weighted by molar-refractivity contribution is -0.127. The zero-order chi connectivity index (χ0) is 14.0. The number of nitrogens with one attached hydrogen (secondary N) is 1. The molecule has 1 aromatic rings. The molecule has 19 heavy (non-hydrogen) atoms. The highest BCUT2D eigenvalue weighted by atomic mass is 35.5. The molecule has 0 bridgehead atoms. The maximum atomic E-state index is 11.6. The van der Waals surface area contributed by atoms with Crippen molar-refractivity contribution in [3.05, 3.63) is 27.7 Å². The standard InChI is InChI=1S/C13H16Cl2N2O2/c1-17(2)12(18)7-16-11-3-4-19-13-9(11)5-8(14)6-10(13)15/h5-6,11,16H,3-4,7H2,1-2H3. The van der Waals surface area contributed by atoms with Crippen LogP contribution in [0.4, 0.5) is 0 Å². The molecule has 1 aromatic carbocycles. The predicted octanol–water partition coefficient (Wildman–Crippen LogP) is 2.49. The fourth-order valence-corrected chi connectivity index (χ4v) is 2.57. The van der Waals surface area contributed by atoms with E-state index in [1.807, 2.05) is 6.07 Å². The molecular formula is C13H16Cl2N2O2. The van der Waals surface area contributed by atoms with E-state index < -0.39 is 0 Å². The smallest absolute Gasteiger partial charge is 0.236 e. The lowest BCUT2D eigenvalue weighted by Crippen LogP contribution is -2.36. The van der Waals surface area contributed by atoms with Gasteiger partial charge < -0.3 is 15.0 Å². The lowest BCUT2D eigenvalue weighted by Gasteiger charge is -2.28. The van der Waals surface area contributed by atoms with Crippen molar-refractivity contribution in [3.63, 3.8) is 0 Å². The van der Waals surface area contributed by atoms with Crippen LogP contribution in [0.15, 0.2) is 12.1 Å². The molecule has 0 saturated carbocycles. The van der Waals surface area contributed by atoms with Crippen LogP contribution in [0.1, 0.15) is 18.0 Å². The summed E-state index contributed by atoms with van der Waals surface area (Å²) in [6.45, 7) is 0.851. The van der Waals surface area contributed by atoms with Crippen molar-refractivity contribution < 1.29 is 9.53 Å². The van der Waals surface area contributed by atoms with Crippen LogP contribution in [0.5, 0.6) is 5.75 Å². The van der Waals surface area contributed by atoms with Gasteiger partial charge in [-0.3, -0.25) is 4.79 Å². The second-order valence-electron chi connectivity index (χ2n) is 4.66. The van der Waals surface area contributed by atoms with E-state index in [0.717, 1.165) is 12.0 Å². The largest absolute Gasteiger partial charge is 0.492 e. The molecule has 0 aliphatic carbocycles. The zero-order valence-corrected chi connectivity index (χ0v) is 12.4. The third-order valence-corrected chi connectivity index (χ3v) is 3.56. The number of benzene rings is 1. The van der Waals surface area contributed by atoms with Crippen LogP contribution >= 0.6 is 23.2 Å². The highest BCUT2D eigenvalue weighted by molar-refractivity contribution is 6.35. The molecule has 1 aliphatic rings. The van der Waals surface area contributed by atoms with Gasteiger partial charge in [-0.25, -0.2) is 0 Å². The van der Waals surface area contributed by atoms with Gasteiger partial charge in [-0.05, 0) is 12.1 Å². The zero-order valence-electron chi connectivity index (χ0n) is 10.9. The van der Waals surface area contributed by atoms with Crippen molar-refractivity contribution in [3.8, 4) is 5.75 Å². The molecule has 1 N–H and O–H groups in total. The maximum Gasteiger partial charge on any atom is 0.236 e. The number of amides is 1. The van der Waals surface area contributed by atoms with Crippen LogP contribution in [0.25, 0.3) is 0 Å². The van der Waals surface area contributed by atoms with Gasteiger partial charge in [0.1, 0.15) is 5.75 Å². The van der Waals surface area contributed by atoms with Gasteiger partial charge in [-0.15, -0.1) is 0 Å². The van der Waals surface area contributed by atoms with Crippen molar-refractivity contribution in [1.29, 1.82) is 0 Å². The minimum Gasteiger partial charge on any atom is -0.492 e. The summed E-state index contributed by atoms with van der Waals surface area (Å²) in [4.78, 5) is 13.2. The number of likely N-dealkylation sites (N-methyl/N-ethyl adjacent to an activating group) is 1. The predicted molar refractivity (Wildman–Crippen MR) is 76.0 cm³/mol. The Kier molecular flexibility index (Phi) is 4.55. The van der Waals surface area contributed by atoms with E-state index in [1.54, 1.807) is 25.1 Å². The van der Waals surface area contributed by atoms with Crippen molar-refractivity contribution in [2.24, 2.45) is 0 Å². The van der Waals surface area contributed by atoms with E-state index in [-0.39, 0.29) is 18.5 Å². The summed E-state index contributed by atoms with van der Waals surface area (Å²) in [5, 5.41) is 4.30. The Hall–Kier alpha value is -0.970. The summed E-state index contributed by atoms with van der Waals surface area (Å²) in [5.74, 6) is 0.688. The Bertz CT molecular complexity index is 492. The van der Waals surface area contributed by atoms with E-state index in [1.165, 1.54) is 0 Å². The number of carbonyl (C=O) groups excluding carboxylic acids is 1. The summed E-state index contributed by atoms with van der Waals surface area (Å²) in [5.41, 5.74) is 0.912. The molecule has 2 rings (SSSR count). The molecule has 0 spiro atoms. The van der Waals surface area contributed by atoms with Gasteiger partial charge in [-0.1, -0.05) is 23.2 Å². The van der Waals surface area contributed by atoms with Crippen LogP contribution in [-0.4, -0.2) is 38.1 Å². The van der Waals surface area contributed by atoms with E-state index in [4.69, 9.17) is 27.9 Å². The van der Waals surface area contributed by atoms with Crippen LogP contribution in [0.2, 0.25) is 10.0 Å². The number of rotatable bonds is 3. The summed E-state index contributed by atoms with van der Waals surface area (Å²) < 4.78 is 5.57. The summed E-state index contributed by atoms with van der Waals surface area (Å²) in [6.07, 6.45) is 0.782. The van der Waals surface area contributed by atoms with Crippen molar-refractivity contribution >= 4 is 29.1 Å². The molecule has 104 valence electrons. The summed E-state index contributed by atoms with van der Waals surface area (Å²) >= 11 is 12.1. The minimum atomic E-state index is 0.0289. The molecule has 1 heterocycles. The van der Waals surface area contributed by atoms with Crippen LogP contribution in [0, 0.1) is 0 Å². The van der Waals surface area contributed by atoms with Gasteiger partial charge >= 0.3 is 0 Å². The number of nitrogens with zero attached hydrogens (tertiary/aromatic N) is 1. The first-order chi connectivity index (χ1) is 8.99. The molecule has 0 fully saturated rings. The Morgan fingerprint density at radius 3 is 2.89 bits per heavy atom. The quantitative estimate of drug-likeness (QED) is 0.933. The molecule has 6 heteroatoms. The Labute approximate surface area is 122 Å². The third-order valence-electron chi connectivity index (χ3n) is 3.06. The molecule has 1 atom stereocenters. The minimum absolute atomic E-state index is 0.0289. The average Bonchev–Trinajstić information content (AvgIpc) is 2.35. The molecule has 1 amide bonds.